The molecule has 2 aromatic rings. The Bertz CT molecular complexity index is 614. The van der Waals surface area contributed by atoms with Crippen LogP contribution in [0.15, 0.2) is 36.5 Å². The summed E-state index contributed by atoms with van der Waals surface area (Å²) in [4.78, 5) is 21.2. The monoisotopic (exact) mass is 246 g/mol. The van der Waals surface area contributed by atoms with Crippen LogP contribution >= 0.6 is 0 Å². The van der Waals surface area contributed by atoms with E-state index in [1.165, 1.54) is 16.7 Å². The first kappa shape index (κ1) is 11.8. The minimum absolute atomic E-state index is 0.0217. The maximum Gasteiger partial charge on any atom is 0.353 e. The molecule has 1 aromatic heterocycles. The number of nitro benzene ring substituents is 1. The van der Waals surface area contributed by atoms with E-state index in [4.69, 9.17) is 5.11 Å². The molecule has 0 saturated carbocycles. The summed E-state index contributed by atoms with van der Waals surface area (Å²) in [5, 5.41) is 19.6. The number of carbonyl (C=O) groups is 1. The summed E-state index contributed by atoms with van der Waals surface area (Å²) >= 11 is 0. The molecule has 6 nitrogen and oxygen atoms in total. The Labute approximate surface area is 102 Å². The summed E-state index contributed by atoms with van der Waals surface area (Å²) < 4.78 is 1.50. The van der Waals surface area contributed by atoms with E-state index in [-0.39, 0.29) is 11.4 Å². The highest BCUT2D eigenvalue weighted by atomic mass is 16.6. The first-order chi connectivity index (χ1) is 8.50. The average molecular weight is 246 g/mol. The molecule has 1 heterocycles. The predicted molar refractivity (Wildman–Crippen MR) is 64.5 cm³/mol. The molecular weight excluding hydrogens is 236 g/mol. The second-order valence-corrected chi connectivity index (χ2v) is 3.80. The minimum atomic E-state index is -1.03. The van der Waals surface area contributed by atoms with Crippen LogP contribution in [0.2, 0.25) is 0 Å². The number of benzene rings is 1. The van der Waals surface area contributed by atoms with Crippen molar-refractivity contribution in [2.45, 2.75) is 0 Å². The molecule has 0 bridgehead atoms. The van der Waals surface area contributed by atoms with Crippen LogP contribution in [-0.2, 0) is 7.05 Å². The number of carboxylic acids is 1. The van der Waals surface area contributed by atoms with Crippen LogP contribution in [0, 0.1) is 10.1 Å². The maximum absolute atomic E-state index is 11.1. The highest BCUT2D eigenvalue weighted by Crippen LogP contribution is 2.26. The first-order valence-corrected chi connectivity index (χ1v) is 5.14. The fourth-order valence-electron chi connectivity index (χ4n) is 1.79. The number of aromatic carboxylic acids is 1. The number of aromatic nitrogens is 1. The topological polar surface area (TPSA) is 85.4 Å². The fraction of sp³-hybridized carbons (Fsp3) is 0.0833. The zero-order valence-electron chi connectivity index (χ0n) is 9.53. The number of nitro groups is 1. The van der Waals surface area contributed by atoms with Crippen LogP contribution in [-0.4, -0.2) is 20.6 Å². The van der Waals surface area contributed by atoms with Gasteiger partial charge in [-0.3, -0.25) is 10.1 Å². The first-order valence-electron chi connectivity index (χ1n) is 5.14. The third-order valence-corrected chi connectivity index (χ3v) is 2.66. The Hall–Kier alpha value is -2.63. The largest absolute Gasteiger partial charge is 0.477 e. The van der Waals surface area contributed by atoms with Crippen LogP contribution in [0.5, 0.6) is 0 Å². The quantitative estimate of drug-likeness (QED) is 0.665. The summed E-state index contributed by atoms with van der Waals surface area (Å²) in [6, 6.07) is 7.46. The lowest BCUT2D eigenvalue weighted by Crippen LogP contribution is -2.05. The second kappa shape index (κ2) is 4.33. The smallest absolute Gasteiger partial charge is 0.353 e. The molecule has 0 saturated heterocycles. The molecule has 0 spiro atoms. The molecule has 0 aliphatic carbocycles. The summed E-state index contributed by atoms with van der Waals surface area (Å²) in [5.41, 5.74) is 1.31. The van der Waals surface area contributed by atoms with E-state index in [0.717, 1.165) is 0 Å². The number of aryl methyl sites for hydroxylation is 1. The van der Waals surface area contributed by atoms with Gasteiger partial charge in [-0.05, 0) is 23.8 Å². The predicted octanol–water partition coefficient (Wildman–Crippen LogP) is 2.30. The Kier molecular flexibility index (Phi) is 2.85. The summed E-state index contributed by atoms with van der Waals surface area (Å²) in [6.45, 7) is 0. The molecule has 6 heteroatoms. The summed E-state index contributed by atoms with van der Waals surface area (Å²) in [5.74, 6) is -1.03. The van der Waals surface area contributed by atoms with E-state index in [9.17, 15) is 14.9 Å². The van der Waals surface area contributed by atoms with Gasteiger partial charge in [-0.2, -0.15) is 0 Å². The Morgan fingerprint density at radius 2 is 1.89 bits per heavy atom. The van der Waals surface area contributed by atoms with Crippen molar-refractivity contribution in [3.05, 3.63) is 52.3 Å². The van der Waals surface area contributed by atoms with Crippen molar-refractivity contribution < 1.29 is 14.8 Å². The number of hydrogen-bond donors (Lipinski definition) is 1. The van der Waals surface area contributed by atoms with Crippen LogP contribution in [0.1, 0.15) is 10.5 Å². The molecule has 0 unspecified atom stereocenters. The molecule has 2 rings (SSSR count). The van der Waals surface area contributed by atoms with Gasteiger partial charge in [0.25, 0.3) is 5.69 Å². The molecule has 0 fully saturated rings. The lowest BCUT2D eigenvalue weighted by atomic mass is 10.1. The van der Waals surface area contributed by atoms with Crippen molar-refractivity contribution in [1.82, 2.24) is 4.57 Å². The highest BCUT2D eigenvalue weighted by molar-refractivity contribution is 5.94. The number of rotatable bonds is 3. The lowest BCUT2D eigenvalue weighted by molar-refractivity contribution is -0.384. The van der Waals surface area contributed by atoms with Gasteiger partial charge in [0, 0.05) is 30.9 Å². The molecule has 0 atom stereocenters. The molecule has 92 valence electrons. The normalized spacial score (nSPS) is 10.3. The summed E-state index contributed by atoms with van der Waals surface area (Å²) in [6.07, 6.45) is 1.64. The Morgan fingerprint density at radius 3 is 2.39 bits per heavy atom. The van der Waals surface area contributed by atoms with E-state index in [2.05, 4.69) is 0 Å². The summed E-state index contributed by atoms with van der Waals surface area (Å²) in [7, 11) is 1.64. The molecule has 0 radical (unpaired) electrons. The van der Waals surface area contributed by atoms with E-state index in [0.29, 0.717) is 11.1 Å². The third kappa shape index (κ3) is 1.95. The molecule has 0 aliphatic rings. The number of carboxylic acid groups (broad SMARTS) is 1. The van der Waals surface area contributed by atoms with E-state index in [1.807, 2.05) is 0 Å². The Morgan fingerprint density at radius 1 is 1.28 bits per heavy atom. The van der Waals surface area contributed by atoms with Crippen molar-refractivity contribution in [3.8, 4) is 11.1 Å². The molecule has 1 aromatic carbocycles. The zero-order valence-corrected chi connectivity index (χ0v) is 9.53. The van der Waals surface area contributed by atoms with Gasteiger partial charge in [0.05, 0.1) is 4.92 Å². The van der Waals surface area contributed by atoms with Gasteiger partial charge in [0.15, 0.2) is 0 Å². The van der Waals surface area contributed by atoms with Crippen LogP contribution in [0.25, 0.3) is 11.1 Å². The van der Waals surface area contributed by atoms with E-state index in [1.54, 1.807) is 31.4 Å². The molecule has 0 amide bonds. The second-order valence-electron chi connectivity index (χ2n) is 3.80. The van der Waals surface area contributed by atoms with Gasteiger partial charge >= 0.3 is 5.97 Å². The van der Waals surface area contributed by atoms with Crippen LogP contribution < -0.4 is 0 Å². The van der Waals surface area contributed by atoms with Gasteiger partial charge in [0.2, 0.25) is 0 Å². The van der Waals surface area contributed by atoms with Crippen molar-refractivity contribution in [3.63, 3.8) is 0 Å². The maximum atomic E-state index is 11.1. The minimum Gasteiger partial charge on any atom is -0.477 e. The number of non-ortho nitro benzene ring substituents is 1. The van der Waals surface area contributed by atoms with Gasteiger partial charge in [-0.1, -0.05) is 0 Å². The lowest BCUT2D eigenvalue weighted by Gasteiger charge is -2.03. The van der Waals surface area contributed by atoms with E-state index < -0.39 is 10.9 Å². The van der Waals surface area contributed by atoms with Gasteiger partial charge in [0.1, 0.15) is 5.69 Å². The number of hydrogen-bond acceptors (Lipinski definition) is 3. The number of nitrogens with zero attached hydrogens (tertiary/aromatic N) is 2. The van der Waals surface area contributed by atoms with Gasteiger partial charge in [-0.15, -0.1) is 0 Å². The van der Waals surface area contributed by atoms with Crippen LogP contribution in [0.4, 0.5) is 5.69 Å². The fourth-order valence-corrected chi connectivity index (χ4v) is 1.79. The van der Waals surface area contributed by atoms with Crippen molar-refractivity contribution in [1.29, 1.82) is 0 Å². The Balaban J connectivity index is 2.49. The highest BCUT2D eigenvalue weighted by Gasteiger charge is 2.16. The zero-order chi connectivity index (χ0) is 13.3. The molecule has 0 aliphatic heterocycles. The van der Waals surface area contributed by atoms with Crippen molar-refractivity contribution in [2.24, 2.45) is 7.05 Å². The van der Waals surface area contributed by atoms with E-state index >= 15 is 0 Å². The van der Waals surface area contributed by atoms with Gasteiger partial charge in [-0.25, -0.2) is 4.79 Å². The SMILES string of the molecule is Cn1ccc(-c2ccc([N+](=O)[O-])cc2)c1C(=O)O. The van der Waals surface area contributed by atoms with Gasteiger partial charge < -0.3 is 9.67 Å². The average Bonchev–Trinajstić information content (AvgIpc) is 2.71. The van der Waals surface area contributed by atoms with Crippen LogP contribution in [0.3, 0.4) is 0 Å². The molecule has 1 N–H and O–H groups in total. The molecular formula is C12H10N2O4. The standard InChI is InChI=1S/C12H10N2O4/c1-13-7-6-10(11(13)12(15)16)8-2-4-9(5-3-8)14(17)18/h2-7H,1H3,(H,15,16). The van der Waals surface area contributed by atoms with Crippen molar-refractivity contribution in [2.75, 3.05) is 0 Å². The third-order valence-electron chi connectivity index (χ3n) is 2.66. The van der Waals surface area contributed by atoms with Crippen molar-refractivity contribution >= 4 is 11.7 Å². The molecule has 18 heavy (non-hydrogen) atoms.